The molecule has 1 aromatic heterocycles. The number of halogens is 2. The molecule has 1 aromatic carbocycles. The zero-order valence-corrected chi connectivity index (χ0v) is 12.5. The molecule has 124 valence electrons. The SMILES string of the molecule is CC(CO)NC(=O)c1ccc(NCc2nccn2C(F)F)cc1. The second-order valence-electron chi connectivity index (χ2n) is 5.02. The lowest BCUT2D eigenvalue weighted by atomic mass is 10.2. The van der Waals surface area contributed by atoms with Crippen LogP contribution in [0, 0.1) is 0 Å². The number of nitrogens with zero attached hydrogens (tertiary/aromatic N) is 2. The van der Waals surface area contributed by atoms with Crippen molar-refractivity contribution < 1.29 is 18.7 Å². The van der Waals surface area contributed by atoms with Gasteiger partial charge in [-0.25, -0.2) is 4.98 Å². The van der Waals surface area contributed by atoms with Gasteiger partial charge in [0.2, 0.25) is 0 Å². The smallest absolute Gasteiger partial charge is 0.319 e. The van der Waals surface area contributed by atoms with Crippen molar-refractivity contribution in [3.63, 3.8) is 0 Å². The minimum Gasteiger partial charge on any atom is -0.394 e. The lowest BCUT2D eigenvalue weighted by Crippen LogP contribution is -2.34. The first-order valence-corrected chi connectivity index (χ1v) is 7.06. The van der Waals surface area contributed by atoms with Crippen LogP contribution in [0.1, 0.15) is 29.7 Å². The van der Waals surface area contributed by atoms with Crippen molar-refractivity contribution in [1.29, 1.82) is 0 Å². The molecule has 2 aromatic rings. The van der Waals surface area contributed by atoms with Crippen molar-refractivity contribution in [3.05, 3.63) is 48.0 Å². The van der Waals surface area contributed by atoms with Crippen LogP contribution in [0.3, 0.4) is 0 Å². The summed E-state index contributed by atoms with van der Waals surface area (Å²) >= 11 is 0. The van der Waals surface area contributed by atoms with Crippen molar-refractivity contribution in [3.8, 4) is 0 Å². The van der Waals surface area contributed by atoms with Crippen LogP contribution in [0.25, 0.3) is 0 Å². The molecule has 0 radical (unpaired) electrons. The lowest BCUT2D eigenvalue weighted by Gasteiger charge is -2.12. The van der Waals surface area contributed by atoms with Crippen molar-refractivity contribution in [2.75, 3.05) is 11.9 Å². The fourth-order valence-electron chi connectivity index (χ4n) is 1.93. The highest BCUT2D eigenvalue weighted by Crippen LogP contribution is 2.15. The van der Waals surface area contributed by atoms with E-state index in [0.717, 1.165) is 4.57 Å². The van der Waals surface area contributed by atoms with Gasteiger partial charge in [0, 0.05) is 29.7 Å². The van der Waals surface area contributed by atoms with E-state index < -0.39 is 6.55 Å². The first-order valence-electron chi connectivity index (χ1n) is 7.06. The summed E-state index contributed by atoms with van der Waals surface area (Å²) in [6.07, 6.45) is 2.54. The van der Waals surface area contributed by atoms with E-state index in [4.69, 9.17) is 5.11 Å². The van der Waals surface area contributed by atoms with Crippen molar-refractivity contribution in [2.45, 2.75) is 26.1 Å². The van der Waals surface area contributed by atoms with E-state index in [1.807, 2.05) is 0 Å². The number of amides is 1. The molecule has 0 bridgehead atoms. The first kappa shape index (κ1) is 16.9. The number of rotatable bonds is 7. The molecule has 0 saturated carbocycles. The lowest BCUT2D eigenvalue weighted by molar-refractivity contribution is 0.0672. The fraction of sp³-hybridized carbons (Fsp3) is 0.333. The van der Waals surface area contributed by atoms with Crippen LogP contribution in [-0.4, -0.2) is 33.2 Å². The number of aromatic nitrogens is 2. The number of nitrogens with one attached hydrogen (secondary N) is 2. The predicted molar refractivity (Wildman–Crippen MR) is 81.3 cm³/mol. The number of carbonyl (C=O) groups is 1. The highest BCUT2D eigenvalue weighted by atomic mass is 19.3. The molecule has 0 saturated heterocycles. The van der Waals surface area contributed by atoms with E-state index in [1.54, 1.807) is 31.2 Å². The summed E-state index contributed by atoms with van der Waals surface area (Å²) in [6, 6.07) is 6.25. The molecular weight excluding hydrogens is 306 g/mol. The molecule has 1 amide bonds. The van der Waals surface area contributed by atoms with Gasteiger partial charge in [-0.2, -0.15) is 8.78 Å². The van der Waals surface area contributed by atoms with Gasteiger partial charge < -0.3 is 15.7 Å². The molecule has 0 fully saturated rings. The Morgan fingerprint density at radius 3 is 2.65 bits per heavy atom. The van der Waals surface area contributed by atoms with Crippen molar-refractivity contribution in [1.82, 2.24) is 14.9 Å². The van der Waals surface area contributed by atoms with Crippen LogP contribution in [0.5, 0.6) is 0 Å². The molecule has 6 nitrogen and oxygen atoms in total. The molecule has 0 spiro atoms. The van der Waals surface area contributed by atoms with Gasteiger partial charge in [0.25, 0.3) is 5.91 Å². The maximum atomic E-state index is 12.7. The largest absolute Gasteiger partial charge is 0.394 e. The normalized spacial score (nSPS) is 12.2. The van der Waals surface area contributed by atoms with Crippen molar-refractivity contribution in [2.24, 2.45) is 0 Å². The van der Waals surface area contributed by atoms with E-state index in [0.29, 0.717) is 11.3 Å². The number of aliphatic hydroxyl groups is 1. The Morgan fingerprint density at radius 2 is 2.04 bits per heavy atom. The summed E-state index contributed by atoms with van der Waals surface area (Å²) in [5.74, 6) is -0.0649. The number of benzene rings is 1. The van der Waals surface area contributed by atoms with Gasteiger partial charge in [-0.3, -0.25) is 9.36 Å². The number of aliphatic hydroxyl groups excluding tert-OH is 1. The standard InChI is InChI=1S/C15H18F2N4O2/c1-10(9-22)20-14(23)11-2-4-12(5-3-11)19-8-13-18-6-7-21(13)15(16)17/h2-7,10,15,19,22H,8-9H2,1H3,(H,20,23). The Hall–Kier alpha value is -2.48. The van der Waals surface area contributed by atoms with E-state index >= 15 is 0 Å². The van der Waals surface area contributed by atoms with Crippen LogP contribution >= 0.6 is 0 Å². The molecule has 3 N–H and O–H groups in total. The number of carbonyl (C=O) groups excluding carboxylic acids is 1. The summed E-state index contributed by atoms with van der Waals surface area (Å²) in [6.45, 7) is -0.931. The van der Waals surface area contributed by atoms with Crippen molar-refractivity contribution >= 4 is 11.6 Å². The van der Waals surface area contributed by atoms with Gasteiger partial charge in [0.15, 0.2) is 0 Å². The number of alkyl halides is 2. The highest BCUT2D eigenvalue weighted by molar-refractivity contribution is 5.94. The third-order valence-corrected chi connectivity index (χ3v) is 3.21. The molecule has 0 aliphatic rings. The van der Waals surface area contributed by atoms with Gasteiger partial charge in [-0.1, -0.05) is 0 Å². The molecule has 0 aliphatic heterocycles. The summed E-state index contributed by atoms with van der Waals surface area (Å²) in [7, 11) is 0. The minimum atomic E-state index is -2.63. The molecule has 23 heavy (non-hydrogen) atoms. The van der Waals surface area contributed by atoms with Gasteiger partial charge in [0.1, 0.15) is 5.82 Å². The van der Waals surface area contributed by atoms with Crippen LogP contribution in [0.4, 0.5) is 14.5 Å². The highest BCUT2D eigenvalue weighted by Gasteiger charge is 2.11. The zero-order valence-electron chi connectivity index (χ0n) is 12.5. The predicted octanol–water partition coefficient (Wildman–Crippen LogP) is 2.00. The van der Waals surface area contributed by atoms with Crippen LogP contribution < -0.4 is 10.6 Å². The van der Waals surface area contributed by atoms with Gasteiger partial charge >= 0.3 is 6.55 Å². The number of hydrogen-bond donors (Lipinski definition) is 3. The average molecular weight is 324 g/mol. The van der Waals surface area contributed by atoms with Gasteiger partial charge in [-0.15, -0.1) is 0 Å². The Labute approximate surface area is 132 Å². The summed E-state index contributed by atoms with van der Waals surface area (Å²) in [4.78, 5) is 15.7. The second kappa shape index (κ2) is 7.68. The van der Waals surface area contributed by atoms with Crippen LogP contribution in [-0.2, 0) is 6.54 Å². The molecule has 2 rings (SSSR count). The Balaban J connectivity index is 1.95. The minimum absolute atomic E-state index is 0.137. The maximum Gasteiger partial charge on any atom is 0.319 e. The Kier molecular flexibility index (Phi) is 5.64. The molecule has 0 aliphatic carbocycles. The molecule has 8 heteroatoms. The number of imidazole rings is 1. The molecule has 1 heterocycles. The molecule has 1 unspecified atom stereocenters. The van der Waals surface area contributed by atoms with E-state index in [-0.39, 0.29) is 30.9 Å². The monoisotopic (exact) mass is 324 g/mol. The van der Waals surface area contributed by atoms with E-state index in [2.05, 4.69) is 15.6 Å². The third-order valence-electron chi connectivity index (χ3n) is 3.21. The summed E-state index contributed by atoms with van der Waals surface area (Å²) in [5, 5.41) is 14.5. The molecule has 1 atom stereocenters. The summed E-state index contributed by atoms with van der Waals surface area (Å²) in [5.41, 5.74) is 1.13. The van der Waals surface area contributed by atoms with Gasteiger partial charge in [-0.05, 0) is 31.2 Å². The molecular formula is C15H18F2N4O2. The maximum absolute atomic E-state index is 12.7. The number of anilines is 1. The Bertz CT molecular complexity index is 643. The van der Waals surface area contributed by atoms with E-state index in [1.165, 1.54) is 12.4 Å². The second-order valence-corrected chi connectivity index (χ2v) is 5.02. The topological polar surface area (TPSA) is 79.2 Å². The third kappa shape index (κ3) is 4.49. The quantitative estimate of drug-likeness (QED) is 0.728. The van der Waals surface area contributed by atoms with Gasteiger partial charge in [0.05, 0.1) is 13.2 Å². The average Bonchev–Trinajstić information content (AvgIpc) is 3.02. The number of hydrogen-bond acceptors (Lipinski definition) is 4. The first-order chi connectivity index (χ1) is 11.0. The van der Waals surface area contributed by atoms with E-state index in [9.17, 15) is 13.6 Å². The fourth-order valence-corrected chi connectivity index (χ4v) is 1.93. The van der Waals surface area contributed by atoms with Crippen LogP contribution in [0.2, 0.25) is 0 Å². The Morgan fingerprint density at radius 1 is 1.35 bits per heavy atom. The summed E-state index contributed by atoms with van der Waals surface area (Å²) < 4.78 is 26.2. The zero-order chi connectivity index (χ0) is 16.8. The van der Waals surface area contributed by atoms with Crippen LogP contribution in [0.15, 0.2) is 36.7 Å².